The van der Waals surface area contributed by atoms with Crippen molar-refractivity contribution in [2.45, 2.75) is 46.3 Å². The van der Waals surface area contributed by atoms with E-state index >= 15 is 0 Å². The number of benzene rings is 1. The predicted octanol–water partition coefficient (Wildman–Crippen LogP) is 2.42. The van der Waals surface area contributed by atoms with Crippen molar-refractivity contribution in [1.82, 2.24) is 10.6 Å². The molecule has 1 unspecified atom stereocenters. The van der Waals surface area contributed by atoms with Crippen LogP contribution in [0.5, 0.6) is 0 Å². The van der Waals surface area contributed by atoms with E-state index in [9.17, 15) is 19.2 Å². The Labute approximate surface area is 157 Å². The first-order chi connectivity index (χ1) is 12.5. The van der Waals surface area contributed by atoms with Gasteiger partial charge in [-0.2, -0.15) is 0 Å². The molecule has 0 heterocycles. The summed E-state index contributed by atoms with van der Waals surface area (Å²) < 4.78 is 10.2. The second-order valence-electron chi connectivity index (χ2n) is 6.60. The summed E-state index contributed by atoms with van der Waals surface area (Å²) in [5, 5.41) is 6.96. The fourth-order valence-electron chi connectivity index (χ4n) is 1.85. The zero-order valence-corrected chi connectivity index (χ0v) is 16.0. The van der Waals surface area contributed by atoms with Crippen molar-refractivity contribution >= 4 is 29.7 Å². The van der Waals surface area contributed by atoms with E-state index in [2.05, 4.69) is 16.0 Å². The van der Waals surface area contributed by atoms with Crippen molar-refractivity contribution in [3.63, 3.8) is 0 Å². The van der Waals surface area contributed by atoms with E-state index in [1.165, 1.54) is 19.1 Å². The van der Waals surface area contributed by atoms with Gasteiger partial charge in [0.2, 0.25) is 0 Å². The number of hydrogen-bond acceptors (Lipinski definition) is 6. The van der Waals surface area contributed by atoms with Crippen molar-refractivity contribution in [1.29, 1.82) is 0 Å². The van der Waals surface area contributed by atoms with Gasteiger partial charge in [0.25, 0.3) is 5.91 Å². The number of nitrogens with one attached hydrogen (secondary N) is 3. The molecule has 0 radical (unpaired) electrons. The van der Waals surface area contributed by atoms with E-state index in [1.54, 1.807) is 39.8 Å². The highest BCUT2D eigenvalue weighted by Crippen LogP contribution is 2.15. The van der Waals surface area contributed by atoms with Crippen molar-refractivity contribution in [2.75, 3.05) is 11.9 Å². The van der Waals surface area contributed by atoms with Gasteiger partial charge in [-0.25, -0.2) is 14.4 Å². The second kappa shape index (κ2) is 9.56. The van der Waals surface area contributed by atoms with Gasteiger partial charge in [-0.3, -0.25) is 15.4 Å². The van der Waals surface area contributed by atoms with Crippen LogP contribution >= 0.6 is 0 Å². The molecule has 0 fully saturated rings. The van der Waals surface area contributed by atoms with Crippen LogP contribution in [0.25, 0.3) is 0 Å². The molecule has 1 aromatic carbocycles. The van der Waals surface area contributed by atoms with E-state index < -0.39 is 35.7 Å². The zero-order valence-electron chi connectivity index (χ0n) is 16.0. The largest absolute Gasteiger partial charge is 0.449 e. The summed E-state index contributed by atoms with van der Waals surface area (Å²) in [5.41, 5.74) is -0.202. The van der Waals surface area contributed by atoms with Crippen LogP contribution in [0.2, 0.25) is 0 Å². The number of amides is 4. The number of ether oxygens (including phenoxy) is 2. The van der Waals surface area contributed by atoms with Crippen LogP contribution in [-0.4, -0.2) is 42.3 Å². The molecular weight excluding hydrogens is 354 g/mol. The number of urea groups is 1. The molecule has 0 bridgehead atoms. The van der Waals surface area contributed by atoms with Gasteiger partial charge in [0.15, 0.2) is 6.10 Å². The number of rotatable bonds is 5. The Hall–Kier alpha value is -3.10. The minimum absolute atomic E-state index is 0.126. The third kappa shape index (κ3) is 8.21. The third-order valence-corrected chi connectivity index (χ3v) is 2.97. The average molecular weight is 379 g/mol. The number of carbonyl (C=O) groups is 4. The molecule has 1 rings (SSSR count). The molecule has 1 aromatic rings. The lowest BCUT2D eigenvalue weighted by Gasteiger charge is -2.19. The fraction of sp³-hybridized carbons (Fsp3) is 0.444. The van der Waals surface area contributed by atoms with Gasteiger partial charge in [-0.05, 0) is 52.8 Å². The number of hydrogen-bond donors (Lipinski definition) is 3. The smallest absolute Gasteiger partial charge is 0.412 e. The number of carbonyl (C=O) groups excluding carboxylic acids is 4. The summed E-state index contributed by atoms with van der Waals surface area (Å²) in [6.07, 6.45) is -1.84. The van der Waals surface area contributed by atoms with Crippen molar-refractivity contribution in [3.8, 4) is 0 Å². The first kappa shape index (κ1) is 21.9. The molecule has 4 amide bonds. The van der Waals surface area contributed by atoms with Gasteiger partial charge in [0.05, 0.1) is 5.56 Å². The minimum Gasteiger partial charge on any atom is -0.449 e. The first-order valence-electron chi connectivity index (χ1n) is 8.41. The number of esters is 1. The lowest BCUT2D eigenvalue weighted by Crippen LogP contribution is -2.44. The Kier molecular flexibility index (Phi) is 7.77. The standard InChI is InChI=1S/C18H25N3O6/c1-6-19-16(24)21-14(22)11(2)26-15(23)12-8-7-9-13(10-12)20-17(25)27-18(3,4)5/h7-11H,6H2,1-5H3,(H,20,25)(H2,19,21,22,24). The van der Waals surface area contributed by atoms with Crippen LogP contribution in [-0.2, 0) is 14.3 Å². The summed E-state index contributed by atoms with van der Waals surface area (Å²) in [6.45, 7) is 8.58. The van der Waals surface area contributed by atoms with Gasteiger partial charge in [-0.1, -0.05) is 6.07 Å². The maximum atomic E-state index is 12.2. The van der Waals surface area contributed by atoms with Crippen LogP contribution in [0.1, 0.15) is 45.0 Å². The van der Waals surface area contributed by atoms with Crippen LogP contribution in [0.4, 0.5) is 15.3 Å². The second-order valence-corrected chi connectivity index (χ2v) is 6.60. The van der Waals surface area contributed by atoms with Gasteiger partial charge in [0.1, 0.15) is 5.60 Å². The minimum atomic E-state index is -1.18. The maximum Gasteiger partial charge on any atom is 0.412 e. The van der Waals surface area contributed by atoms with Crippen LogP contribution in [0.3, 0.4) is 0 Å². The van der Waals surface area contributed by atoms with E-state index in [4.69, 9.17) is 9.47 Å². The monoisotopic (exact) mass is 379 g/mol. The number of imide groups is 1. The number of anilines is 1. The molecule has 0 aromatic heterocycles. The molecule has 0 saturated carbocycles. The highest BCUT2D eigenvalue weighted by Gasteiger charge is 2.21. The fourth-order valence-corrected chi connectivity index (χ4v) is 1.85. The van der Waals surface area contributed by atoms with E-state index in [0.29, 0.717) is 12.2 Å². The molecule has 0 aliphatic heterocycles. The summed E-state index contributed by atoms with van der Waals surface area (Å²) in [5.74, 6) is -1.53. The molecule has 9 nitrogen and oxygen atoms in total. The van der Waals surface area contributed by atoms with Crippen molar-refractivity contribution < 1.29 is 28.7 Å². The van der Waals surface area contributed by atoms with Crippen LogP contribution < -0.4 is 16.0 Å². The molecule has 27 heavy (non-hydrogen) atoms. The Bertz CT molecular complexity index is 711. The Morgan fingerprint density at radius 1 is 1.15 bits per heavy atom. The van der Waals surface area contributed by atoms with Gasteiger partial charge in [0, 0.05) is 12.2 Å². The lowest BCUT2D eigenvalue weighted by molar-refractivity contribution is -0.127. The quantitative estimate of drug-likeness (QED) is 0.675. The summed E-state index contributed by atoms with van der Waals surface area (Å²) in [6, 6.07) is 5.31. The van der Waals surface area contributed by atoms with E-state index in [-0.39, 0.29) is 5.56 Å². The van der Waals surface area contributed by atoms with Gasteiger partial charge in [-0.15, -0.1) is 0 Å². The Morgan fingerprint density at radius 2 is 1.81 bits per heavy atom. The highest BCUT2D eigenvalue weighted by molar-refractivity contribution is 5.99. The highest BCUT2D eigenvalue weighted by atomic mass is 16.6. The van der Waals surface area contributed by atoms with Crippen molar-refractivity contribution in [2.24, 2.45) is 0 Å². The van der Waals surface area contributed by atoms with Gasteiger partial charge < -0.3 is 14.8 Å². The molecule has 0 aliphatic rings. The first-order valence-corrected chi connectivity index (χ1v) is 8.41. The molecule has 1 atom stereocenters. The van der Waals surface area contributed by atoms with Crippen molar-refractivity contribution in [3.05, 3.63) is 29.8 Å². The predicted molar refractivity (Wildman–Crippen MR) is 98.4 cm³/mol. The third-order valence-electron chi connectivity index (χ3n) is 2.97. The van der Waals surface area contributed by atoms with E-state index in [0.717, 1.165) is 0 Å². The Balaban J connectivity index is 2.69. The van der Waals surface area contributed by atoms with Crippen LogP contribution in [0, 0.1) is 0 Å². The summed E-state index contributed by atoms with van der Waals surface area (Å²) >= 11 is 0. The molecule has 3 N–H and O–H groups in total. The molecule has 148 valence electrons. The van der Waals surface area contributed by atoms with Gasteiger partial charge >= 0.3 is 18.1 Å². The lowest BCUT2D eigenvalue weighted by atomic mass is 10.2. The topological polar surface area (TPSA) is 123 Å². The van der Waals surface area contributed by atoms with E-state index in [1.807, 2.05) is 0 Å². The summed E-state index contributed by atoms with van der Waals surface area (Å²) in [7, 11) is 0. The normalized spacial score (nSPS) is 11.7. The molecule has 0 saturated heterocycles. The average Bonchev–Trinajstić information content (AvgIpc) is 2.53. The van der Waals surface area contributed by atoms with Crippen LogP contribution in [0.15, 0.2) is 24.3 Å². The zero-order chi connectivity index (χ0) is 20.6. The Morgan fingerprint density at radius 3 is 2.41 bits per heavy atom. The summed E-state index contributed by atoms with van der Waals surface area (Å²) in [4.78, 5) is 47.1. The molecule has 0 aliphatic carbocycles. The maximum absolute atomic E-state index is 12.2. The molecular formula is C18H25N3O6. The molecule has 0 spiro atoms. The SMILES string of the molecule is CCNC(=O)NC(=O)C(C)OC(=O)c1cccc(NC(=O)OC(C)(C)C)c1. The molecule has 9 heteroatoms.